The standard InChI is InChI=1S/C7H9BrO4S/c8-6-2-7(3-6,4-6)13(11,12)1-5(9)10/h1-4H2,(H,9,10). The van der Waals surface area contributed by atoms with Crippen LogP contribution in [0.15, 0.2) is 0 Å². The van der Waals surface area contributed by atoms with Gasteiger partial charge in [-0.25, -0.2) is 8.42 Å². The van der Waals surface area contributed by atoms with Crippen LogP contribution >= 0.6 is 15.9 Å². The van der Waals surface area contributed by atoms with E-state index in [9.17, 15) is 13.2 Å². The molecule has 0 atom stereocenters. The summed E-state index contributed by atoms with van der Waals surface area (Å²) in [5.74, 6) is -1.98. The van der Waals surface area contributed by atoms with Crippen molar-refractivity contribution in [1.82, 2.24) is 0 Å². The van der Waals surface area contributed by atoms with Crippen LogP contribution < -0.4 is 0 Å². The smallest absolute Gasteiger partial charge is 0.318 e. The lowest BCUT2D eigenvalue weighted by molar-refractivity contribution is -0.134. The predicted molar refractivity (Wildman–Crippen MR) is 49.7 cm³/mol. The number of alkyl halides is 1. The molecule has 3 aliphatic rings. The van der Waals surface area contributed by atoms with Crippen LogP contribution in [0, 0.1) is 0 Å². The second kappa shape index (κ2) is 2.28. The van der Waals surface area contributed by atoms with Gasteiger partial charge in [-0.05, 0) is 19.3 Å². The Morgan fingerprint density at radius 1 is 1.38 bits per heavy atom. The van der Waals surface area contributed by atoms with Crippen LogP contribution in [-0.4, -0.2) is 34.3 Å². The van der Waals surface area contributed by atoms with Crippen molar-refractivity contribution in [3.05, 3.63) is 0 Å². The first kappa shape index (κ1) is 9.45. The summed E-state index contributed by atoms with van der Waals surface area (Å²) in [6.45, 7) is 0. The summed E-state index contributed by atoms with van der Waals surface area (Å²) in [5.41, 5.74) is 0. The molecule has 3 fully saturated rings. The molecule has 3 rings (SSSR count). The van der Waals surface area contributed by atoms with E-state index in [1.54, 1.807) is 0 Å². The van der Waals surface area contributed by atoms with E-state index in [1.807, 2.05) is 0 Å². The Labute approximate surface area is 84.4 Å². The largest absolute Gasteiger partial charge is 0.480 e. The van der Waals surface area contributed by atoms with Crippen molar-refractivity contribution in [2.45, 2.75) is 28.3 Å². The molecule has 3 aliphatic carbocycles. The fraction of sp³-hybridized carbons (Fsp3) is 0.857. The Hall–Kier alpha value is -0.100. The third-order valence-corrected chi connectivity index (χ3v) is 6.11. The van der Waals surface area contributed by atoms with E-state index < -0.39 is 26.3 Å². The zero-order chi connectivity index (χ0) is 9.91. The molecule has 74 valence electrons. The molecule has 0 radical (unpaired) electrons. The fourth-order valence-corrected chi connectivity index (χ4v) is 6.51. The molecule has 1 N–H and O–H groups in total. The lowest BCUT2D eigenvalue weighted by Gasteiger charge is -2.66. The van der Waals surface area contributed by atoms with E-state index in [-0.39, 0.29) is 4.32 Å². The maximum Gasteiger partial charge on any atom is 0.318 e. The number of carboxylic acids is 1. The van der Waals surface area contributed by atoms with E-state index in [2.05, 4.69) is 15.9 Å². The van der Waals surface area contributed by atoms with Crippen LogP contribution in [0.3, 0.4) is 0 Å². The second-order valence-electron chi connectivity index (χ2n) is 4.02. The molecular weight excluding hydrogens is 260 g/mol. The van der Waals surface area contributed by atoms with Crippen LogP contribution in [-0.2, 0) is 14.6 Å². The normalized spacial score (nSPS) is 41.9. The maximum absolute atomic E-state index is 11.5. The number of halogens is 1. The quantitative estimate of drug-likeness (QED) is 0.760. The third kappa shape index (κ3) is 1.15. The number of rotatable bonds is 3. The molecule has 6 heteroatoms. The number of sulfone groups is 1. The van der Waals surface area contributed by atoms with Crippen LogP contribution in [0.4, 0.5) is 0 Å². The minimum absolute atomic E-state index is 0.0125. The van der Waals surface area contributed by atoms with Crippen LogP contribution in [0.25, 0.3) is 0 Å². The molecule has 0 aromatic rings. The van der Waals surface area contributed by atoms with Gasteiger partial charge < -0.3 is 5.11 Å². The molecule has 0 heterocycles. The molecule has 13 heavy (non-hydrogen) atoms. The fourth-order valence-electron chi connectivity index (χ4n) is 2.22. The molecule has 3 saturated carbocycles. The Morgan fingerprint density at radius 2 is 1.85 bits per heavy atom. The van der Waals surface area contributed by atoms with Gasteiger partial charge in [-0.1, -0.05) is 15.9 Å². The van der Waals surface area contributed by atoms with Gasteiger partial charge in [-0.2, -0.15) is 0 Å². The summed E-state index contributed by atoms with van der Waals surface area (Å²) in [4.78, 5) is 10.3. The number of carbonyl (C=O) groups is 1. The minimum Gasteiger partial charge on any atom is -0.480 e. The molecule has 0 aromatic carbocycles. The van der Waals surface area contributed by atoms with Crippen molar-refractivity contribution in [3.63, 3.8) is 0 Å². The highest BCUT2D eigenvalue weighted by Crippen LogP contribution is 2.69. The minimum atomic E-state index is -3.42. The van der Waals surface area contributed by atoms with Gasteiger partial charge in [0.1, 0.15) is 5.75 Å². The summed E-state index contributed by atoms with van der Waals surface area (Å²) >= 11 is 3.41. The van der Waals surface area contributed by atoms with Crippen molar-refractivity contribution >= 4 is 31.7 Å². The number of hydrogen-bond donors (Lipinski definition) is 1. The predicted octanol–water partition coefficient (Wildman–Crippen LogP) is 0.556. The summed E-state index contributed by atoms with van der Waals surface area (Å²) in [6, 6.07) is 0. The van der Waals surface area contributed by atoms with Gasteiger partial charge in [-0.15, -0.1) is 0 Å². The SMILES string of the molecule is O=C(O)CS(=O)(=O)C12CC(Br)(C1)C2. The summed E-state index contributed by atoms with van der Waals surface area (Å²) in [5, 5.41) is 8.42. The summed E-state index contributed by atoms with van der Waals surface area (Å²) in [7, 11) is -3.42. The van der Waals surface area contributed by atoms with Gasteiger partial charge in [0.15, 0.2) is 9.84 Å². The number of carboxylic acid groups (broad SMARTS) is 1. The Balaban J connectivity index is 2.15. The van der Waals surface area contributed by atoms with Crippen molar-refractivity contribution in [2.75, 3.05) is 5.75 Å². The highest BCUT2D eigenvalue weighted by molar-refractivity contribution is 9.10. The molecule has 4 nitrogen and oxygen atoms in total. The molecule has 0 amide bonds. The highest BCUT2D eigenvalue weighted by atomic mass is 79.9. The lowest BCUT2D eigenvalue weighted by atomic mass is 9.55. The average Bonchev–Trinajstić information content (AvgIpc) is 1.75. The van der Waals surface area contributed by atoms with Gasteiger partial charge in [0.25, 0.3) is 0 Å². The Morgan fingerprint density at radius 3 is 2.15 bits per heavy atom. The van der Waals surface area contributed by atoms with Crippen molar-refractivity contribution in [1.29, 1.82) is 0 Å². The van der Waals surface area contributed by atoms with E-state index in [4.69, 9.17) is 5.11 Å². The zero-order valence-electron chi connectivity index (χ0n) is 6.79. The topological polar surface area (TPSA) is 71.4 Å². The molecule has 0 aromatic heterocycles. The first-order chi connectivity index (χ1) is 5.79. The Bertz CT molecular complexity index is 352. The second-order valence-corrected chi connectivity index (χ2v) is 8.08. The molecule has 0 spiro atoms. The lowest BCUT2D eigenvalue weighted by Crippen LogP contribution is -2.72. The van der Waals surface area contributed by atoms with Crippen LogP contribution in [0.1, 0.15) is 19.3 Å². The summed E-state index contributed by atoms with van der Waals surface area (Å²) < 4.78 is 22.4. The van der Waals surface area contributed by atoms with Crippen molar-refractivity contribution in [3.8, 4) is 0 Å². The van der Waals surface area contributed by atoms with Crippen molar-refractivity contribution < 1.29 is 18.3 Å². The van der Waals surface area contributed by atoms with Gasteiger partial charge >= 0.3 is 5.97 Å². The molecule has 2 bridgehead atoms. The van der Waals surface area contributed by atoms with Gasteiger partial charge in [0, 0.05) is 4.32 Å². The number of aliphatic carboxylic acids is 1. The molecule has 0 saturated heterocycles. The summed E-state index contributed by atoms with van der Waals surface area (Å²) in [6.07, 6.45) is 1.74. The van der Waals surface area contributed by atoms with E-state index in [0.717, 1.165) is 0 Å². The molecule has 0 aliphatic heterocycles. The van der Waals surface area contributed by atoms with E-state index in [1.165, 1.54) is 0 Å². The van der Waals surface area contributed by atoms with E-state index >= 15 is 0 Å². The third-order valence-electron chi connectivity index (χ3n) is 2.89. The monoisotopic (exact) mass is 268 g/mol. The van der Waals surface area contributed by atoms with E-state index in [0.29, 0.717) is 19.3 Å². The van der Waals surface area contributed by atoms with Crippen LogP contribution in [0.5, 0.6) is 0 Å². The van der Waals surface area contributed by atoms with Gasteiger partial charge in [0.2, 0.25) is 0 Å². The zero-order valence-corrected chi connectivity index (χ0v) is 9.19. The maximum atomic E-state index is 11.5. The van der Waals surface area contributed by atoms with Crippen molar-refractivity contribution in [2.24, 2.45) is 0 Å². The molecule has 0 unspecified atom stereocenters. The Kier molecular flexibility index (Phi) is 1.66. The molecular formula is C7H9BrO4S. The van der Waals surface area contributed by atoms with Gasteiger partial charge in [0.05, 0.1) is 4.75 Å². The first-order valence-corrected chi connectivity index (χ1v) is 6.36. The number of hydrogen-bond acceptors (Lipinski definition) is 3. The average molecular weight is 269 g/mol. The first-order valence-electron chi connectivity index (χ1n) is 3.92. The van der Waals surface area contributed by atoms with Gasteiger partial charge in [-0.3, -0.25) is 4.79 Å². The van der Waals surface area contributed by atoms with Crippen LogP contribution in [0.2, 0.25) is 0 Å². The highest BCUT2D eigenvalue weighted by Gasteiger charge is 2.73.